The van der Waals surface area contributed by atoms with Crippen molar-refractivity contribution < 1.29 is 9.53 Å². The van der Waals surface area contributed by atoms with Crippen LogP contribution in [-0.2, 0) is 6.42 Å². The Morgan fingerprint density at radius 1 is 1.21 bits per heavy atom. The van der Waals surface area contributed by atoms with Crippen molar-refractivity contribution in [2.24, 2.45) is 23.5 Å². The zero-order valence-corrected chi connectivity index (χ0v) is 19.2. The Kier molecular flexibility index (Phi) is 5.51. The van der Waals surface area contributed by atoms with Crippen LogP contribution in [-0.4, -0.2) is 83.8 Å². The van der Waals surface area contributed by atoms with Gasteiger partial charge in [-0.2, -0.15) is 4.98 Å². The lowest BCUT2D eigenvalue weighted by molar-refractivity contribution is 0.126. The number of piperidine rings is 1. The van der Waals surface area contributed by atoms with Crippen LogP contribution < -0.4 is 26.8 Å². The summed E-state index contributed by atoms with van der Waals surface area (Å²) in [4.78, 5) is 33.4. The van der Waals surface area contributed by atoms with Crippen LogP contribution in [0.5, 0.6) is 5.75 Å². The fraction of sp³-hybridized carbons (Fsp3) is 0.542. The molecule has 3 aliphatic heterocycles. The zero-order chi connectivity index (χ0) is 23.2. The van der Waals surface area contributed by atoms with E-state index in [2.05, 4.69) is 20.5 Å². The molecule has 4 N–H and O–H groups in total. The normalized spacial score (nSPS) is 28.1. The summed E-state index contributed by atoms with van der Waals surface area (Å²) in [5.74, 6) is 3.35. The van der Waals surface area contributed by atoms with Crippen molar-refractivity contribution in [3.05, 3.63) is 46.5 Å². The zero-order valence-electron chi connectivity index (χ0n) is 19.2. The van der Waals surface area contributed by atoms with E-state index in [4.69, 9.17) is 10.5 Å². The number of aromatic nitrogens is 2. The molecule has 10 nitrogen and oxygen atoms in total. The molecule has 1 aromatic carbocycles. The van der Waals surface area contributed by atoms with Crippen LogP contribution in [0, 0.1) is 17.8 Å². The van der Waals surface area contributed by atoms with Gasteiger partial charge in [-0.25, -0.2) is 9.59 Å². The molecule has 2 aromatic rings. The van der Waals surface area contributed by atoms with Crippen LogP contribution >= 0.6 is 0 Å². The van der Waals surface area contributed by atoms with Crippen molar-refractivity contribution >= 4 is 11.8 Å². The Morgan fingerprint density at radius 2 is 2.00 bits per heavy atom. The molecule has 4 heterocycles. The number of anilines is 1. The lowest BCUT2D eigenvalue weighted by Crippen LogP contribution is -2.48. The third kappa shape index (κ3) is 3.95. The van der Waals surface area contributed by atoms with Crippen LogP contribution in [0.25, 0.3) is 5.69 Å². The van der Waals surface area contributed by atoms with Gasteiger partial charge in [0.15, 0.2) is 0 Å². The molecule has 1 saturated carbocycles. The van der Waals surface area contributed by atoms with Gasteiger partial charge in [0.2, 0.25) is 0 Å². The van der Waals surface area contributed by atoms with E-state index in [1.54, 1.807) is 17.2 Å². The number of benzene rings is 1. The molecule has 0 spiro atoms. The number of carbonyl (C=O) groups is 1. The van der Waals surface area contributed by atoms with E-state index in [-0.39, 0.29) is 11.8 Å². The van der Waals surface area contributed by atoms with Crippen molar-refractivity contribution in [1.82, 2.24) is 24.7 Å². The molecule has 3 fully saturated rings. The number of amides is 2. The smallest absolute Gasteiger partial charge is 0.354 e. The van der Waals surface area contributed by atoms with Gasteiger partial charge in [-0.15, -0.1) is 0 Å². The number of nitrogens with one attached hydrogen (secondary N) is 2. The Bertz CT molecular complexity index is 1130. The second-order valence-electron chi connectivity index (χ2n) is 9.77. The first-order valence-corrected chi connectivity index (χ1v) is 12.2. The van der Waals surface area contributed by atoms with E-state index in [1.165, 1.54) is 4.57 Å². The third-order valence-corrected chi connectivity index (χ3v) is 7.85. The average Bonchev–Trinajstić information content (AvgIpc) is 3.34. The molecule has 1 aliphatic carbocycles. The van der Waals surface area contributed by atoms with Gasteiger partial charge in [-0.1, -0.05) is 6.07 Å². The number of piperazine rings is 1. The highest BCUT2D eigenvalue weighted by atomic mass is 16.5. The van der Waals surface area contributed by atoms with Gasteiger partial charge in [-0.3, -0.25) is 14.8 Å². The lowest BCUT2D eigenvalue weighted by atomic mass is 10.0. The van der Waals surface area contributed by atoms with E-state index in [0.717, 1.165) is 68.2 Å². The molecule has 180 valence electrons. The maximum absolute atomic E-state index is 12.7. The van der Waals surface area contributed by atoms with Gasteiger partial charge in [0.25, 0.3) is 0 Å². The van der Waals surface area contributed by atoms with E-state index in [9.17, 15) is 9.59 Å². The van der Waals surface area contributed by atoms with Gasteiger partial charge in [0.1, 0.15) is 18.2 Å². The third-order valence-electron chi connectivity index (χ3n) is 7.85. The molecule has 4 atom stereocenters. The van der Waals surface area contributed by atoms with Crippen LogP contribution in [0.4, 0.5) is 10.6 Å². The van der Waals surface area contributed by atoms with Gasteiger partial charge < -0.3 is 20.7 Å². The maximum Gasteiger partial charge on any atom is 0.354 e. The van der Waals surface area contributed by atoms with Gasteiger partial charge in [0.05, 0.1) is 5.69 Å². The van der Waals surface area contributed by atoms with E-state index in [0.29, 0.717) is 31.4 Å². The summed E-state index contributed by atoms with van der Waals surface area (Å²) in [6.45, 7) is 6.52. The van der Waals surface area contributed by atoms with Gasteiger partial charge >= 0.3 is 11.7 Å². The fourth-order valence-electron chi connectivity index (χ4n) is 5.78. The number of nitrogens with zero attached hydrogens (tertiary/aromatic N) is 4. The molecule has 34 heavy (non-hydrogen) atoms. The number of hydrogen-bond acceptors (Lipinski definition) is 7. The van der Waals surface area contributed by atoms with Gasteiger partial charge in [0, 0.05) is 57.6 Å². The topological polar surface area (TPSA) is 118 Å². The summed E-state index contributed by atoms with van der Waals surface area (Å²) in [5, 5.41) is 5.93. The number of rotatable bonds is 4. The second-order valence-corrected chi connectivity index (χ2v) is 9.77. The summed E-state index contributed by atoms with van der Waals surface area (Å²) >= 11 is 0. The molecule has 2 saturated heterocycles. The van der Waals surface area contributed by atoms with Crippen molar-refractivity contribution in [2.45, 2.75) is 12.5 Å². The highest BCUT2D eigenvalue weighted by molar-refractivity contribution is 5.88. The highest BCUT2D eigenvalue weighted by Crippen LogP contribution is 2.51. The number of likely N-dealkylation sites (tertiary alicyclic amines) is 1. The van der Waals surface area contributed by atoms with E-state index >= 15 is 0 Å². The number of nitrogens with two attached hydrogens (primary N) is 1. The lowest BCUT2D eigenvalue weighted by Gasteiger charge is -2.34. The Balaban J connectivity index is 1.12. The molecule has 1 unspecified atom stereocenters. The number of ether oxygens (including phenoxy) is 1. The van der Waals surface area contributed by atoms with Crippen molar-refractivity contribution in [3.8, 4) is 11.4 Å². The molecule has 1 aromatic heterocycles. The van der Waals surface area contributed by atoms with E-state index in [1.807, 2.05) is 18.2 Å². The van der Waals surface area contributed by atoms with Crippen molar-refractivity contribution in [1.29, 1.82) is 0 Å². The summed E-state index contributed by atoms with van der Waals surface area (Å²) in [6.07, 6.45) is 2.59. The Morgan fingerprint density at radius 3 is 2.74 bits per heavy atom. The summed E-state index contributed by atoms with van der Waals surface area (Å²) in [6, 6.07) is 7.68. The summed E-state index contributed by atoms with van der Waals surface area (Å²) in [5.41, 5.74) is 7.26. The summed E-state index contributed by atoms with van der Waals surface area (Å²) in [7, 11) is 0. The average molecular weight is 466 g/mol. The highest BCUT2D eigenvalue weighted by Gasteiger charge is 2.55. The fourth-order valence-corrected chi connectivity index (χ4v) is 5.78. The molecular weight excluding hydrogens is 434 g/mol. The molecule has 2 amide bonds. The Hall–Kier alpha value is -2.95. The van der Waals surface area contributed by atoms with Gasteiger partial charge in [-0.05, 0) is 48.4 Å². The van der Waals surface area contributed by atoms with Crippen LogP contribution in [0.3, 0.4) is 0 Å². The molecular formula is C24H31N7O3. The second kappa shape index (κ2) is 8.68. The SMILES string of the molecule is NC[C@@H]1[C@H]2CN(C3COc4cc(-n5ccc(NC(=O)N6CCNCC6)nc5=O)ccc4C3)C[C@@H]12. The van der Waals surface area contributed by atoms with E-state index < -0.39 is 5.69 Å². The van der Waals surface area contributed by atoms with Crippen LogP contribution in [0.1, 0.15) is 5.56 Å². The number of hydrogen-bond donors (Lipinski definition) is 3. The molecule has 6 rings (SSSR count). The minimum Gasteiger partial charge on any atom is -0.492 e. The molecule has 0 bridgehead atoms. The molecule has 0 radical (unpaired) electrons. The number of fused-ring (bicyclic) bond motifs is 2. The first-order valence-electron chi connectivity index (χ1n) is 12.2. The minimum absolute atomic E-state index is 0.239. The minimum atomic E-state index is -0.447. The molecule has 4 aliphatic rings. The largest absolute Gasteiger partial charge is 0.492 e. The van der Waals surface area contributed by atoms with Crippen molar-refractivity contribution in [3.63, 3.8) is 0 Å². The quantitative estimate of drug-likeness (QED) is 0.587. The number of carbonyl (C=O) groups excluding carboxylic acids is 1. The predicted molar refractivity (Wildman–Crippen MR) is 127 cm³/mol. The maximum atomic E-state index is 12.7. The Labute approximate surface area is 198 Å². The molecule has 10 heteroatoms. The monoisotopic (exact) mass is 465 g/mol. The van der Waals surface area contributed by atoms with Crippen molar-refractivity contribution in [2.75, 3.05) is 57.7 Å². The first-order chi connectivity index (χ1) is 16.6. The van der Waals surface area contributed by atoms with Crippen LogP contribution in [0.15, 0.2) is 35.3 Å². The standard InChI is InChI=1S/C24H31N7O3/c25-11-18-19-12-30(13-20(18)19)17-9-15-1-2-16(10-21(15)34-14-17)31-6-3-22(28-24(31)33)27-23(32)29-7-4-26-5-8-29/h1-3,6,10,17-20,26H,4-5,7-9,11-14,25H2,(H,27,28,32,33)/t17?,18-,19-,20+. The predicted octanol–water partition coefficient (Wildman–Crippen LogP) is 0.110. The first kappa shape index (κ1) is 21.6. The number of urea groups is 1. The summed E-state index contributed by atoms with van der Waals surface area (Å²) < 4.78 is 7.60. The van der Waals surface area contributed by atoms with Crippen LogP contribution in [0.2, 0.25) is 0 Å².